The molecule has 1 aliphatic rings. The predicted molar refractivity (Wildman–Crippen MR) is 95.6 cm³/mol. The first-order chi connectivity index (χ1) is 12.5. The topological polar surface area (TPSA) is 93.2 Å². The number of carbonyl (C=O) groups excluding carboxylic acids is 1. The van der Waals surface area contributed by atoms with Gasteiger partial charge in [0.2, 0.25) is 5.89 Å². The highest BCUT2D eigenvalue weighted by Gasteiger charge is 2.44. The normalized spacial score (nSPS) is 16.9. The number of benzene rings is 1. The third-order valence-electron chi connectivity index (χ3n) is 5.14. The van der Waals surface area contributed by atoms with Crippen LogP contribution in [-0.2, 0) is 5.54 Å². The van der Waals surface area contributed by atoms with Gasteiger partial charge in [0.25, 0.3) is 0 Å². The van der Waals surface area contributed by atoms with E-state index in [1.807, 2.05) is 38.1 Å². The number of para-hydroxylation sites is 1. The van der Waals surface area contributed by atoms with Crippen molar-refractivity contribution in [1.29, 1.82) is 0 Å². The Bertz CT molecular complexity index is 955. The molecular weight excluding hydrogens is 332 g/mol. The minimum atomic E-state index is -0.537. The molecule has 1 fully saturated rings. The summed E-state index contributed by atoms with van der Waals surface area (Å²) in [7, 11) is 0. The number of urea groups is 1. The maximum Gasteiger partial charge on any atom is 0.316 e. The number of nitrogens with zero attached hydrogens (tertiary/aromatic N) is 2. The van der Waals surface area contributed by atoms with E-state index in [1.165, 1.54) is 0 Å². The van der Waals surface area contributed by atoms with E-state index in [4.69, 9.17) is 8.94 Å². The zero-order valence-corrected chi connectivity index (χ0v) is 15.1. The number of rotatable bonds is 4. The van der Waals surface area contributed by atoms with Gasteiger partial charge in [0.1, 0.15) is 16.9 Å². The smallest absolute Gasteiger partial charge is 0.316 e. The molecule has 26 heavy (non-hydrogen) atoms. The number of hydrogen-bond acceptors (Lipinski definition) is 5. The van der Waals surface area contributed by atoms with Gasteiger partial charge in [-0.25, -0.2) is 4.79 Å². The summed E-state index contributed by atoms with van der Waals surface area (Å²) in [6.45, 7) is 5.67. The number of aryl methyl sites for hydroxylation is 2. The van der Waals surface area contributed by atoms with E-state index in [0.29, 0.717) is 11.7 Å². The molecule has 0 radical (unpaired) electrons. The Kier molecular flexibility index (Phi) is 3.94. The number of carbonyl (C=O) groups is 1. The lowest BCUT2D eigenvalue weighted by Crippen LogP contribution is -2.54. The average Bonchev–Trinajstić information content (AvgIpc) is 3.15. The minimum absolute atomic E-state index is 0.258. The van der Waals surface area contributed by atoms with E-state index in [0.717, 1.165) is 41.6 Å². The lowest BCUT2D eigenvalue weighted by Gasteiger charge is -2.39. The van der Waals surface area contributed by atoms with Crippen LogP contribution in [0.1, 0.15) is 55.3 Å². The number of nitrogens with one attached hydrogen (secondary N) is 2. The largest absolute Gasteiger partial charge is 0.459 e. The Morgan fingerprint density at radius 2 is 2.04 bits per heavy atom. The quantitative estimate of drug-likeness (QED) is 0.742. The van der Waals surface area contributed by atoms with Crippen molar-refractivity contribution in [3.63, 3.8) is 0 Å². The minimum Gasteiger partial charge on any atom is -0.459 e. The summed E-state index contributed by atoms with van der Waals surface area (Å²) in [6.07, 6.45) is 2.63. The molecule has 2 heterocycles. The first kappa shape index (κ1) is 16.6. The van der Waals surface area contributed by atoms with Crippen molar-refractivity contribution in [2.24, 2.45) is 0 Å². The molecule has 0 unspecified atom stereocenters. The summed E-state index contributed by atoms with van der Waals surface area (Å²) in [4.78, 5) is 16.9. The highest BCUT2D eigenvalue weighted by Crippen LogP contribution is 2.39. The van der Waals surface area contributed by atoms with Crippen molar-refractivity contribution in [2.75, 3.05) is 0 Å². The van der Waals surface area contributed by atoms with Crippen LogP contribution in [0.15, 0.2) is 33.2 Å². The van der Waals surface area contributed by atoms with Crippen LogP contribution in [0.5, 0.6) is 0 Å². The van der Waals surface area contributed by atoms with Crippen molar-refractivity contribution < 1.29 is 13.7 Å². The molecule has 0 bridgehead atoms. The Balaban J connectivity index is 1.49. The second-order valence-corrected chi connectivity index (χ2v) is 6.98. The molecule has 136 valence electrons. The van der Waals surface area contributed by atoms with Gasteiger partial charge < -0.3 is 19.6 Å². The van der Waals surface area contributed by atoms with Gasteiger partial charge in [-0.1, -0.05) is 23.4 Å². The molecule has 1 aliphatic carbocycles. The number of aromatic nitrogens is 2. The Labute approximate surface area is 151 Å². The van der Waals surface area contributed by atoms with E-state index in [9.17, 15) is 4.79 Å². The Morgan fingerprint density at radius 3 is 2.65 bits per heavy atom. The fourth-order valence-electron chi connectivity index (χ4n) is 3.55. The summed E-state index contributed by atoms with van der Waals surface area (Å²) in [5.41, 5.74) is 1.33. The van der Waals surface area contributed by atoms with Gasteiger partial charge in [-0.2, -0.15) is 4.98 Å². The van der Waals surface area contributed by atoms with E-state index < -0.39 is 5.54 Å². The van der Waals surface area contributed by atoms with Crippen LogP contribution in [0.2, 0.25) is 0 Å². The highest BCUT2D eigenvalue weighted by molar-refractivity contribution is 5.82. The number of fused-ring (bicyclic) bond motifs is 1. The summed E-state index contributed by atoms with van der Waals surface area (Å²) in [5.74, 6) is 1.81. The maximum absolute atomic E-state index is 12.6. The van der Waals surface area contributed by atoms with Crippen LogP contribution in [-0.4, -0.2) is 16.2 Å². The van der Waals surface area contributed by atoms with Gasteiger partial charge in [0.05, 0.1) is 6.04 Å². The first-order valence-electron chi connectivity index (χ1n) is 8.86. The molecule has 2 aromatic heterocycles. The molecule has 0 saturated heterocycles. The van der Waals surface area contributed by atoms with Crippen molar-refractivity contribution in [2.45, 2.75) is 51.6 Å². The second kappa shape index (κ2) is 6.16. The molecule has 2 amide bonds. The summed E-state index contributed by atoms with van der Waals surface area (Å²) >= 11 is 0. The molecular formula is C19H22N4O3. The lowest BCUT2D eigenvalue weighted by molar-refractivity contribution is 0.163. The Hall–Kier alpha value is -2.83. The number of furan rings is 1. The van der Waals surface area contributed by atoms with Gasteiger partial charge in [0.15, 0.2) is 5.82 Å². The monoisotopic (exact) mass is 354 g/mol. The Morgan fingerprint density at radius 1 is 1.27 bits per heavy atom. The molecule has 2 N–H and O–H groups in total. The second-order valence-electron chi connectivity index (χ2n) is 6.98. The average molecular weight is 354 g/mol. The standard InChI is InChI=1S/C19H22N4O3/c1-11-14-7-4-5-8-15(14)25-16(11)12(2)20-18(24)22-19(9-6-10-19)17-21-13(3)26-23-17/h4-5,7-8,12H,6,9-10H2,1-3H3,(H2,20,22,24)/t12-/m1/s1. The van der Waals surface area contributed by atoms with Crippen LogP contribution in [0.25, 0.3) is 11.0 Å². The third-order valence-corrected chi connectivity index (χ3v) is 5.14. The van der Waals surface area contributed by atoms with Gasteiger partial charge >= 0.3 is 6.03 Å². The molecule has 1 atom stereocenters. The highest BCUT2D eigenvalue weighted by atomic mass is 16.5. The fourth-order valence-corrected chi connectivity index (χ4v) is 3.55. The van der Waals surface area contributed by atoms with E-state index in [2.05, 4.69) is 20.8 Å². The molecule has 3 aromatic rings. The molecule has 0 spiro atoms. The van der Waals surface area contributed by atoms with Gasteiger partial charge in [0, 0.05) is 17.9 Å². The van der Waals surface area contributed by atoms with Crippen molar-refractivity contribution in [1.82, 2.24) is 20.8 Å². The van der Waals surface area contributed by atoms with Crippen LogP contribution in [0, 0.1) is 13.8 Å². The molecule has 4 rings (SSSR count). The van der Waals surface area contributed by atoms with Gasteiger partial charge in [-0.3, -0.25) is 0 Å². The maximum atomic E-state index is 12.6. The summed E-state index contributed by atoms with van der Waals surface area (Å²) < 4.78 is 11.0. The fraction of sp³-hybridized carbons (Fsp3) is 0.421. The van der Waals surface area contributed by atoms with Crippen molar-refractivity contribution >= 4 is 17.0 Å². The SMILES string of the molecule is Cc1nc(C2(NC(=O)N[C@H](C)c3oc4ccccc4c3C)CCC2)no1. The lowest BCUT2D eigenvalue weighted by atomic mass is 9.76. The van der Waals surface area contributed by atoms with E-state index in [-0.39, 0.29) is 12.1 Å². The van der Waals surface area contributed by atoms with E-state index in [1.54, 1.807) is 6.92 Å². The van der Waals surface area contributed by atoms with E-state index >= 15 is 0 Å². The molecule has 1 aromatic carbocycles. The zero-order chi connectivity index (χ0) is 18.3. The van der Waals surface area contributed by atoms with Gasteiger partial charge in [-0.15, -0.1) is 0 Å². The molecule has 7 nitrogen and oxygen atoms in total. The molecule has 1 saturated carbocycles. The number of hydrogen-bond donors (Lipinski definition) is 2. The van der Waals surface area contributed by atoms with Crippen molar-refractivity contribution in [3.8, 4) is 0 Å². The zero-order valence-electron chi connectivity index (χ0n) is 15.1. The first-order valence-corrected chi connectivity index (χ1v) is 8.86. The van der Waals surface area contributed by atoms with Crippen molar-refractivity contribution in [3.05, 3.63) is 47.3 Å². The van der Waals surface area contributed by atoms with Crippen LogP contribution >= 0.6 is 0 Å². The predicted octanol–water partition coefficient (Wildman–Crippen LogP) is 3.87. The number of amides is 2. The summed E-state index contributed by atoms with van der Waals surface area (Å²) in [6, 6.07) is 7.35. The van der Waals surface area contributed by atoms with Crippen LogP contribution in [0.4, 0.5) is 4.79 Å². The molecule has 0 aliphatic heterocycles. The summed E-state index contributed by atoms with van der Waals surface area (Å²) in [5, 5.41) is 11.1. The molecule has 7 heteroatoms. The van der Waals surface area contributed by atoms with Gasteiger partial charge in [-0.05, 0) is 39.2 Å². The van der Waals surface area contributed by atoms with Crippen LogP contribution in [0.3, 0.4) is 0 Å². The van der Waals surface area contributed by atoms with Crippen LogP contribution < -0.4 is 10.6 Å². The third kappa shape index (κ3) is 2.73.